The third-order valence-corrected chi connectivity index (χ3v) is 14.2. The van der Waals surface area contributed by atoms with Crippen molar-refractivity contribution < 1.29 is 55.5 Å². The zero-order valence-electron chi connectivity index (χ0n) is 40.1. The fraction of sp³-hybridized carbons (Fsp3) is 0.115. The SMILES string of the molecule is CCc1ccc(N=Nc2c(O)c(C(=O)Nc3ccccc3OC)cc3ccccc23)c(S(=O)(=O)O)c1Cl.CCc1ccc(N=Nc2c([O-])c(C([O-])=Nc3ccccc3OC)cc3ccccc23)c(S(=O)(=O)O)c1Cl.[Ca+2]. The molecule has 0 bridgehead atoms. The summed E-state index contributed by atoms with van der Waals surface area (Å²) in [5, 5.41) is 57.8. The summed E-state index contributed by atoms with van der Waals surface area (Å²) in [6.45, 7) is 3.55. The first-order valence-corrected chi connectivity index (χ1v) is 25.7. The Bertz CT molecular complexity index is 3830. The Labute approximate surface area is 470 Å². The molecule has 0 aliphatic heterocycles. The van der Waals surface area contributed by atoms with Crippen molar-refractivity contribution in [1.29, 1.82) is 0 Å². The molecule has 75 heavy (non-hydrogen) atoms. The van der Waals surface area contributed by atoms with Crippen LogP contribution in [0, 0.1) is 0 Å². The molecule has 23 heteroatoms. The Balaban J connectivity index is 0.000000241. The maximum Gasteiger partial charge on any atom is 2.00 e. The molecule has 8 aromatic rings. The molecule has 0 saturated heterocycles. The van der Waals surface area contributed by atoms with Crippen molar-refractivity contribution in [3.63, 3.8) is 0 Å². The molecule has 0 fully saturated rings. The second kappa shape index (κ2) is 24.7. The van der Waals surface area contributed by atoms with Gasteiger partial charge in [0.05, 0.1) is 41.2 Å². The number of benzene rings is 8. The van der Waals surface area contributed by atoms with Gasteiger partial charge in [-0.15, -0.1) is 15.3 Å². The third kappa shape index (κ3) is 12.9. The van der Waals surface area contributed by atoms with Gasteiger partial charge < -0.3 is 30.1 Å². The minimum Gasteiger partial charge on any atom is -0.871 e. The number of aryl methyl sites for hydroxylation is 2. The van der Waals surface area contributed by atoms with Crippen molar-refractivity contribution in [2.45, 2.75) is 36.5 Å². The van der Waals surface area contributed by atoms with Crippen LogP contribution in [0.15, 0.2) is 169 Å². The molecule has 18 nitrogen and oxygen atoms in total. The third-order valence-electron chi connectivity index (χ3n) is 11.2. The largest absolute Gasteiger partial charge is 2.00 e. The number of aliphatic imine (C=N–C) groups is 1. The number of hydrogen-bond acceptors (Lipinski definition) is 15. The zero-order chi connectivity index (χ0) is 53.5. The number of nitrogens with zero attached hydrogens (tertiary/aromatic N) is 5. The number of carbonyl (C=O) groups excluding carboxylic acids is 1. The van der Waals surface area contributed by atoms with Crippen LogP contribution >= 0.6 is 23.2 Å². The van der Waals surface area contributed by atoms with E-state index in [0.717, 1.165) is 0 Å². The van der Waals surface area contributed by atoms with Crippen molar-refractivity contribution in [1.82, 2.24) is 0 Å². The molecule has 380 valence electrons. The van der Waals surface area contributed by atoms with Gasteiger partial charge in [0.25, 0.3) is 26.1 Å². The van der Waals surface area contributed by atoms with Crippen molar-refractivity contribution in [2.24, 2.45) is 25.4 Å². The Kier molecular flexibility index (Phi) is 19.0. The van der Waals surface area contributed by atoms with E-state index in [0.29, 0.717) is 62.7 Å². The van der Waals surface area contributed by atoms with Crippen LogP contribution in [0.4, 0.5) is 34.1 Å². The second-order valence-electron chi connectivity index (χ2n) is 15.7. The number of para-hydroxylation sites is 4. The predicted octanol–water partition coefficient (Wildman–Crippen LogP) is 11.5. The molecule has 0 aromatic heterocycles. The first-order valence-electron chi connectivity index (χ1n) is 22.0. The van der Waals surface area contributed by atoms with Crippen LogP contribution in [0.1, 0.15) is 40.9 Å². The average Bonchev–Trinajstić information content (AvgIpc) is 3.37. The van der Waals surface area contributed by atoms with Crippen molar-refractivity contribution in [2.75, 3.05) is 19.5 Å². The fourth-order valence-electron chi connectivity index (χ4n) is 7.56. The summed E-state index contributed by atoms with van der Waals surface area (Å²) in [4.78, 5) is 16.0. The van der Waals surface area contributed by atoms with Gasteiger partial charge in [-0.1, -0.05) is 128 Å². The molecule has 0 unspecified atom stereocenters. The molecule has 0 saturated carbocycles. The number of anilines is 1. The van der Waals surface area contributed by atoms with E-state index in [9.17, 15) is 46.1 Å². The summed E-state index contributed by atoms with van der Waals surface area (Å²) in [7, 11) is -6.60. The summed E-state index contributed by atoms with van der Waals surface area (Å²) >= 11 is 12.4. The van der Waals surface area contributed by atoms with Crippen LogP contribution in [-0.4, -0.2) is 94.8 Å². The predicted molar refractivity (Wildman–Crippen MR) is 285 cm³/mol. The van der Waals surface area contributed by atoms with E-state index >= 15 is 0 Å². The van der Waals surface area contributed by atoms with Crippen LogP contribution < -0.4 is 25.0 Å². The van der Waals surface area contributed by atoms with E-state index in [2.05, 4.69) is 30.8 Å². The Hall–Kier alpha value is -6.72. The summed E-state index contributed by atoms with van der Waals surface area (Å²) in [6.07, 6.45) is 0.835. The number of phenolic OH excluding ortho intramolecular Hbond substituents is 1. The first kappa shape index (κ1) is 57.6. The number of aromatic hydroxyl groups is 1. The smallest absolute Gasteiger partial charge is 0.871 e. The number of halogens is 2. The number of methoxy groups -OCH3 is 2. The Morgan fingerprint density at radius 3 is 1.59 bits per heavy atom. The number of amides is 1. The van der Waals surface area contributed by atoms with E-state index < -0.39 is 53.3 Å². The van der Waals surface area contributed by atoms with Gasteiger partial charge in [0.15, 0.2) is 5.75 Å². The van der Waals surface area contributed by atoms with Crippen molar-refractivity contribution >= 4 is 149 Å². The number of ether oxygens (including phenoxy) is 2. The van der Waals surface area contributed by atoms with E-state index in [-0.39, 0.29) is 87.3 Å². The van der Waals surface area contributed by atoms with E-state index in [1.807, 2.05) is 0 Å². The molecule has 0 atom stereocenters. The summed E-state index contributed by atoms with van der Waals surface area (Å²) in [5.41, 5.74) is 0.518. The second-order valence-corrected chi connectivity index (χ2v) is 19.2. The number of nitrogens with one attached hydrogen (secondary N) is 1. The number of rotatable bonds is 14. The van der Waals surface area contributed by atoms with Crippen molar-refractivity contribution in [3.8, 4) is 23.0 Å². The molecule has 0 aliphatic carbocycles. The van der Waals surface area contributed by atoms with Crippen LogP contribution in [0.5, 0.6) is 23.0 Å². The van der Waals surface area contributed by atoms with E-state index in [1.165, 1.54) is 38.5 Å². The molecule has 0 radical (unpaired) electrons. The van der Waals surface area contributed by atoms with Gasteiger partial charge in [-0.05, 0) is 94.7 Å². The molecule has 0 aliphatic rings. The van der Waals surface area contributed by atoms with Crippen molar-refractivity contribution in [3.05, 3.63) is 166 Å². The van der Waals surface area contributed by atoms with Gasteiger partial charge in [-0.3, -0.25) is 18.9 Å². The van der Waals surface area contributed by atoms with Crippen LogP contribution in [0.3, 0.4) is 0 Å². The minimum absolute atomic E-state index is 0. The standard InChI is InChI=1S/2C26H22ClN3O6S.Ca/c2*1-3-15-12-13-20(25(22(15)27)37(33,34)35)29-30-23-17-9-5-4-8-16(17)14-18(24(23)31)26(32)28-19-10-6-7-11-21(19)36-2;/h2*4-14,31H,3H2,1-2H3,(H,28,32)(H,33,34,35);/q;;+2/p-2. The molecule has 0 heterocycles. The minimum atomic E-state index is -4.76. The van der Waals surface area contributed by atoms with Gasteiger partial charge in [0.1, 0.15) is 44.0 Å². The summed E-state index contributed by atoms with van der Waals surface area (Å²) in [5.74, 6) is -1.88. The molecule has 4 N–H and O–H groups in total. The van der Waals surface area contributed by atoms with E-state index in [4.69, 9.17) is 32.7 Å². The Morgan fingerprint density at radius 1 is 0.613 bits per heavy atom. The van der Waals surface area contributed by atoms with Gasteiger partial charge >= 0.3 is 37.7 Å². The number of hydrogen-bond donors (Lipinski definition) is 4. The first-order chi connectivity index (χ1) is 35.3. The molecule has 0 spiro atoms. The molecular formula is C52H42CaCl2N6O12S2. The Morgan fingerprint density at radius 2 is 1.07 bits per heavy atom. The molecular weight excluding hydrogens is 1080 g/mol. The summed E-state index contributed by atoms with van der Waals surface area (Å²) < 4.78 is 78.2. The number of azo groups is 2. The number of carbonyl (C=O) groups is 1. The van der Waals surface area contributed by atoms with Gasteiger partial charge in [0.2, 0.25) is 0 Å². The monoisotopic (exact) mass is 1120 g/mol. The number of phenols is 1. The molecule has 8 rings (SSSR count). The molecule has 1 amide bonds. The van der Waals surface area contributed by atoms with Crippen LogP contribution in [-0.2, 0) is 33.1 Å². The topological polar surface area (TPSA) is 284 Å². The van der Waals surface area contributed by atoms with Gasteiger partial charge in [-0.2, -0.15) is 21.9 Å². The van der Waals surface area contributed by atoms with Crippen LogP contribution in [0.25, 0.3) is 21.5 Å². The van der Waals surface area contributed by atoms with Gasteiger partial charge in [-0.25, -0.2) is 0 Å². The summed E-state index contributed by atoms with van der Waals surface area (Å²) in [6, 6.07) is 35.7. The maximum atomic E-state index is 13.4. The number of fused-ring (bicyclic) bond motifs is 2. The zero-order valence-corrected chi connectivity index (χ0v) is 45.5. The maximum absolute atomic E-state index is 13.4. The normalized spacial score (nSPS) is 11.9. The van der Waals surface area contributed by atoms with Crippen LogP contribution in [0.2, 0.25) is 10.0 Å². The average molecular weight is 1120 g/mol. The van der Waals surface area contributed by atoms with E-state index in [1.54, 1.807) is 123 Å². The quantitative estimate of drug-likeness (QED) is 0.0260. The molecule has 8 aromatic carbocycles. The van der Waals surface area contributed by atoms with Gasteiger partial charge in [0, 0.05) is 10.8 Å². The fourth-order valence-corrected chi connectivity index (χ4v) is 10.2.